The van der Waals surface area contributed by atoms with Gasteiger partial charge in [0.1, 0.15) is 6.54 Å². The zero-order valence-electron chi connectivity index (χ0n) is 16.7. The fourth-order valence-electron chi connectivity index (χ4n) is 3.72. The summed E-state index contributed by atoms with van der Waals surface area (Å²) in [5.74, 6) is 1.10. The standard InChI is InChI=1S/C22H26N6O/c1-17-6-5-13-27(14-17)15-18-9-11-20(12-10-18)23-21(29)16-28-25-22(24-26-28)19-7-3-2-4-8-19/h2-4,7-12,17H,5-6,13-16H2,1H3,(H,23,29). The van der Waals surface area contributed by atoms with Crippen LogP contribution in [-0.2, 0) is 17.9 Å². The number of anilines is 1. The van der Waals surface area contributed by atoms with Gasteiger partial charge < -0.3 is 5.32 Å². The molecule has 1 aliphatic rings. The molecule has 1 aliphatic heterocycles. The van der Waals surface area contributed by atoms with Gasteiger partial charge in [-0.2, -0.15) is 4.80 Å². The third-order valence-corrected chi connectivity index (χ3v) is 5.15. The first-order valence-corrected chi connectivity index (χ1v) is 10.1. The second-order valence-electron chi connectivity index (χ2n) is 7.74. The van der Waals surface area contributed by atoms with Crippen molar-refractivity contribution in [3.8, 4) is 11.4 Å². The van der Waals surface area contributed by atoms with Crippen molar-refractivity contribution in [2.45, 2.75) is 32.9 Å². The number of hydrogen-bond donors (Lipinski definition) is 1. The van der Waals surface area contributed by atoms with Crippen LogP contribution in [0.2, 0.25) is 0 Å². The summed E-state index contributed by atoms with van der Waals surface area (Å²) < 4.78 is 0. The van der Waals surface area contributed by atoms with E-state index in [1.165, 1.54) is 29.7 Å². The molecule has 0 aliphatic carbocycles. The van der Waals surface area contributed by atoms with Crippen molar-refractivity contribution in [1.82, 2.24) is 25.1 Å². The predicted molar refractivity (Wildman–Crippen MR) is 112 cm³/mol. The van der Waals surface area contributed by atoms with Gasteiger partial charge in [0.05, 0.1) is 0 Å². The van der Waals surface area contributed by atoms with E-state index in [0.717, 1.165) is 30.3 Å². The molecular weight excluding hydrogens is 364 g/mol. The molecule has 1 atom stereocenters. The minimum Gasteiger partial charge on any atom is -0.324 e. The summed E-state index contributed by atoms with van der Waals surface area (Å²) in [5, 5.41) is 15.2. The van der Waals surface area contributed by atoms with Crippen molar-refractivity contribution >= 4 is 11.6 Å². The van der Waals surface area contributed by atoms with Gasteiger partial charge in [-0.05, 0) is 48.2 Å². The Balaban J connectivity index is 1.30. The molecule has 150 valence electrons. The molecule has 0 spiro atoms. The lowest BCUT2D eigenvalue weighted by Crippen LogP contribution is -2.33. The molecule has 1 saturated heterocycles. The summed E-state index contributed by atoms with van der Waals surface area (Å²) in [5.41, 5.74) is 2.91. The van der Waals surface area contributed by atoms with E-state index in [0.29, 0.717) is 5.82 Å². The number of rotatable bonds is 6. The van der Waals surface area contributed by atoms with E-state index in [4.69, 9.17) is 0 Å². The number of piperidine rings is 1. The number of nitrogens with zero attached hydrogens (tertiary/aromatic N) is 5. The highest BCUT2D eigenvalue weighted by Crippen LogP contribution is 2.19. The smallest absolute Gasteiger partial charge is 0.248 e. The van der Waals surface area contributed by atoms with Crippen LogP contribution in [-0.4, -0.2) is 44.1 Å². The van der Waals surface area contributed by atoms with Crippen LogP contribution in [0.1, 0.15) is 25.3 Å². The van der Waals surface area contributed by atoms with Gasteiger partial charge in [-0.3, -0.25) is 9.69 Å². The van der Waals surface area contributed by atoms with Crippen LogP contribution in [0.4, 0.5) is 5.69 Å². The summed E-state index contributed by atoms with van der Waals surface area (Å²) in [4.78, 5) is 16.1. The van der Waals surface area contributed by atoms with Crippen molar-refractivity contribution in [1.29, 1.82) is 0 Å². The molecule has 1 unspecified atom stereocenters. The molecule has 7 heteroatoms. The van der Waals surface area contributed by atoms with Crippen LogP contribution in [0, 0.1) is 5.92 Å². The normalized spacial score (nSPS) is 17.2. The van der Waals surface area contributed by atoms with E-state index < -0.39 is 0 Å². The first-order chi connectivity index (χ1) is 14.2. The lowest BCUT2D eigenvalue weighted by atomic mass is 10.00. The lowest BCUT2D eigenvalue weighted by molar-refractivity contribution is -0.117. The van der Waals surface area contributed by atoms with Crippen molar-refractivity contribution in [3.05, 3.63) is 60.2 Å². The molecule has 3 aromatic rings. The molecule has 1 amide bonds. The van der Waals surface area contributed by atoms with Gasteiger partial charge in [0.25, 0.3) is 0 Å². The molecule has 1 N–H and O–H groups in total. The summed E-state index contributed by atoms with van der Waals surface area (Å²) in [6, 6.07) is 17.6. The molecule has 29 heavy (non-hydrogen) atoms. The largest absolute Gasteiger partial charge is 0.324 e. The number of tetrazole rings is 1. The maximum atomic E-state index is 12.3. The number of benzene rings is 2. The third kappa shape index (κ3) is 5.26. The first kappa shape index (κ1) is 19.3. The van der Waals surface area contributed by atoms with E-state index in [2.05, 4.69) is 44.7 Å². The number of aromatic nitrogens is 4. The van der Waals surface area contributed by atoms with Crippen LogP contribution < -0.4 is 5.32 Å². The minimum absolute atomic E-state index is 0.0211. The summed E-state index contributed by atoms with van der Waals surface area (Å²) in [7, 11) is 0. The van der Waals surface area contributed by atoms with Crippen molar-refractivity contribution in [2.75, 3.05) is 18.4 Å². The molecule has 1 fully saturated rings. The Morgan fingerprint density at radius 3 is 2.69 bits per heavy atom. The Morgan fingerprint density at radius 1 is 1.14 bits per heavy atom. The average Bonchev–Trinajstić information content (AvgIpc) is 3.18. The zero-order chi connectivity index (χ0) is 20.1. The van der Waals surface area contributed by atoms with Gasteiger partial charge >= 0.3 is 0 Å². The van der Waals surface area contributed by atoms with Gasteiger partial charge in [0.15, 0.2) is 0 Å². The predicted octanol–water partition coefficient (Wildman–Crippen LogP) is 3.21. The first-order valence-electron chi connectivity index (χ1n) is 10.1. The Morgan fingerprint density at radius 2 is 1.93 bits per heavy atom. The number of carbonyl (C=O) groups is 1. The molecule has 0 bridgehead atoms. The fraction of sp³-hybridized carbons (Fsp3) is 0.364. The van der Waals surface area contributed by atoms with E-state index in [1.807, 2.05) is 42.5 Å². The van der Waals surface area contributed by atoms with E-state index in [9.17, 15) is 4.79 Å². The van der Waals surface area contributed by atoms with E-state index >= 15 is 0 Å². The lowest BCUT2D eigenvalue weighted by Gasteiger charge is -2.30. The van der Waals surface area contributed by atoms with Crippen LogP contribution >= 0.6 is 0 Å². The maximum absolute atomic E-state index is 12.3. The molecule has 0 radical (unpaired) electrons. The summed E-state index contributed by atoms with van der Waals surface area (Å²) in [6.45, 7) is 5.63. The number of hydrogen-bond acceptors (Lipinski definition) is 5. The Kier molecular flexibility index (Phi) is 5.95. The van der Waals surface area contributed by atoms with E-state index in [1.54, 1.807) is 0 Å². The monoisotopic (exact) mass is 390 g/mol. The molecule has 2 aromatic carbocycles. The van der Waals surface area contributed by atoms with Gasteiger partial charge in [-0.15, -0.1) is 10.2 Å². The second kappa shape index (κ2) is 8.96. The Bertz CT molecular complexity index is 937. The number of amides is 1. The molecule has 0 saturated carbocycles. The molecular formula is C22H26N6O. The molecule has 1 aromatic heterocycles. The highest BCUT2D eigenvalue weighted by molar-refractivity contribution is 5.90. The fourth-order valence-corrected chi connectivity index (χ4v) is 3.72. The molecule has 4 rings (SSSR count). The molecule has 7 nitrogen and oxygen atoms in total. The van der Waals surface area contributed by atoms with E-state index in [-0.39, 0.29) is 12.5 Å². The van der Waals surface area contributed by atoms with Gasteiger partial charge in [0, 0.05) is 24.3 Å². The number of likely N-dealkylation sites (tertiary alicyclic amines) is 1. The Hall–Kier alpha value is -3.06. The maximum Gasteiger partial charge on any atom is 0.248 e. The van der Waals surface area contributed by atoms with Crippen molar-refractivity contribution in [2.24, 2.45) is 5.92 Å². The second-order valence-corrected chi connectivity index (χ2v) is 7.74. The summed E-state index contributed by atoms with van der Waals surface area (Å²) >= 11 is 0. The zero-order valence-corrected chi connectivity index (χ0v) is 16.7. The van der Waals surface area contributed by atoms with Gasteiger partial charge in [-0.1, -0.05) is 49.4 Å². The number of carbonyl (C=O) groups excluding carboxylic acids is 1. The van der Waals surface area contributed by atoms with Gasteiger partial charge in [-0.25, -0.2) is 0 Å². The average molecular weight is 390 g/mol. The van der Waals surface area contributed by atoms with Crippen LogP contribution in [0.3, 0.4) is 0 Å². The molecule has 2 heterocycles. The SMILES string of the molecule is CC1CCCN(Cc2ccc(NC(=O)Cn3nnc(-c4ccccc4)n3)cc2)C1. The summed E-state index contributed by atoms with van der Waals surface area (Å²) in [6.07, 6.45) is 2.60. The quantitative estimate of drug-likeness (QED) is 0.699. The van der Waals surface area contributed by atoms with Crippen LogP contribution in [0.25, 0.3) is 11.4 Å². The van der Waals surface area contributed by atoms with Crippen LogP contribution in [0.15, 0.2) is 54.6 Å². The highest BCUT2D eigenvalue weighted by atomic mass is 16.2. The highest BCUT2D eigenvalue weighted by Gasteiger charge is 2.16. The third-order valence-electron chi connectivity index (χ3n) is 5.15. The van der Waals surface area contributed by atoms with Crippen molar-refractivity contribution in [3.63, 3.8) is 0 Å². The number of nitrogens with one attached hydrogen (secondary N) is 1. The van der Waals surface area contributed by atoms with Gasteiger partial charge in [0.2, 0.25) is 11.7 Å². The van der Waals surface area contributed by atoms with Crippen molar-refractivity contribution < 1.29 is 4.79 Å². The van der Waals surface area contributed by atoms with Crippen LogP contribution in [0.5, 0.6) is 0 Å². The Labute approximate surface area is 170 Å². The topological polar surface area (TPSA) is 75.9 Å². The minimum atomic E-state index is -0.181.